The molecule has 0 aliphatic heterocycles. The summed E-state index contributed by atoms with van der Waals surface area (Å²) >= 11 is 1.51. The first-order chi connectivity index (χ1) is 7.66. The third-order valence-corrected chi connectivity index (χ3v) is 4.02. The fourth-order valence-corrected chi connectivity index (χ4v) is 2.92. The minimum atomic E-state index is -0.198. The van der Waals surface area contributed by atoms with Crippen LogP contribution >= 0.6 is 11.8 Å². The van der Waals surface area contributed by atoms with E-state index in [0.717, 1.165) is 17.7 Å². The number of carbonyl (C=O) groups excluding carboxylic acids is 2. The van der Waals surface area contributed by atoms with Crippen LogP contribution in [0.1, 0.15) is 24.8 Å². The highest BCUT2D eigenvalue weighted by Gasteiger charge is 2.29. The predicted octanol–water partition coefficient (Wildman–Crippen LogP) is 2.78. The second-order valence-electron chi connectivity index (χ2n) is 4.10. The lowest BCUT2D eigenvalue weighted by Gasteiger charge is -2.18. The third-order valence-electron chi connectivity index (χ3n) is 2.74. The van der Waals surface area contributed by atoms with Gasteiger partial charge in [0.15, 0.2) is 5.78 Å². The van der Waals surface area contributed by atoms with Gasteiger partial charge in [0.2, 0.25) is 5.78 Å². The number of rotatable bonds is 2. The van der Waals surface area contributed by atoms with Gasteiger partial charge >= 0.3 is 0 Å². The maximum atomic E-state index is 11.6. The van der Waals surface area contributed by atoms with Crippen molar-refractivity contribution < 1.29 is 9.59 Å². The van der Waals surface area contributed by atoms with Crippen molar-refractivity contribution in [3.63, 3.8) is 0 Å². The van der Waals surface area contributed by atoms with E-state index < -0.39 is 0 Å². The van der Waals surface area contributed by atoms with Crippen LogP contribution in [0.25, 0.3) is 0 Å². The van der Waals surface area contributed by atoms with Crippen LogP contribution in [0.4, 0.5) is 0 Å². The summed E-state index contributed by atoms with van der Waals surface area (Å²) in [6.07, 6.45) is 2.10. The Morgan fingerprint density at radius 3 is 2.56 bits per heavy atom. The Morgan fingerprint density at radius 1 is 1.19 bits per heavy atom. The van der Waals surface area contributed by atoms with Gasteiger partial charge < -0.3 is 0 Å². The number of hydrogen-bond acceptors (Lipinski definition) is 3. The number of Topliss-reactive ketones (excluding diaryl/α,β-unsaturated/α-hetero) is 2. The van der Waals surface area contributed by atoms with Gasteiger partial charge in [-0.2, -0.15) is 0 Å². The van der Waals surface area contributed by atoms with Gasteiger partial charge in [-0.15, -0.1) is 11.8 Å². The Balaban J connectivity index is 2.06. The van der Waals surface area contributed by atoms with Gasteiger partial charge in [0.25, 0.3) is 0 Å². The van der Waals surface area contributed by atoms with Crippen molar-refractivity contribution in [3.8, 4) is 0 Å². The molecule has 1 aromatic rings. The van der Waals surface area contributed by atoms with Crippen LogP contribution in [0, 0.1) is 6.92 Å². The molecule has 0 amide bonds. The second-order valence-corrected chi connectivity index (χ2v) is 5.38. The van der Waals surface area contributed by atoms with E-state index in [1.165, 1.54) is 17.3 Å². The molecule has 0 radical (unpaired) electrons. The molecule has 1 unspecified atom stereocenters. The SMILES string of the molecule is Cc1ccc(SC2CCCC(=O)C2=O)cc1. The molecule has 84 valence electrons. The summed E-state index contributed by atoms with van der Waals surface area (Å²) in [7, 11) is 0. The van der Waals surface area contributed by atoms with Crippen LogP contribution < -0.4 is 0 Å². The van der Waals surface area contributed by atoms with Crippen LogP contribution in [-0.4, -0.2) is 16.8 Å². The summed E-state index contributed by atoms with van der Waals surface area (Å²) in [5.74, 6) is -0.396. The lowest BCUT2D eigenvalue weighted by Crippen LogP contribution is -2.30. The normalized spacial score (nSPS) is 21.2. The number of ketones is 2. The summed E-state index contributed by atoms with van der Waals surface area (Å²) in [6, 6.07) is 8.06. The smallest absolute Gasteiger partial charge is 0.211 e. The first-order valence-electron chi connectivity index (χ1n) is 5.47. The van der Waals surface area contributed by atoms with Crippen LogP contribution in [0.15, 0.2) is 29.2 Å². The first kappa shape index (κ1) is 11.4. The van der Waals surface area contributed by atoms with Crippen molar-refractivity contribution >= 4 is 23.3 Å². The molecular formula is C13H14O2S. The zero-order chi connectivity index (χ0) is 11.5. The second kappa shape index (κ2) is 4.83. The summed E-state index contributed by atoms with van der Waals surface area (Å²) in [6.45, 7) is 2.03. The molecule has 0 N–H and O–H groups in total. The summed E-state index contributed by atoms with van der Waals surface area (Å²) < 4.78 is 0. The van der Waals surface area contributed by atoms with Gasteiger partial charge in [-0.3, -0.25) is 9.59 Å². The molecule has 1 atom stereocenters. The molecule has 0 saturated heterocycles. The zero-order valence-corrected chi connectivity index (χ0v) is 10.0. The molecule has 2 nitrogen and oxygen atoms in total. The van der Waals surface area contributed by atoms with E-state index >= 15 is 0 Å². The van der Waals surface area contributed by atoms with Crippen molar-refractivity contribution in [3.05, 3.63) is 29.8 Å². The van der Waals surface area contributed by atoms with E-state index in [-0.39, 0.29) is 16.8 Å². The predicted molar refractivity (Wildman–Crippen MR) is 64.7 cm³/mol. The van der Waals surface area contributed by atoms with Crippen molar-refractivity contribution in [1.29, 1.82) is 0 Å². The zero-order valence-electron chi connectivity index (χ0n) is 9.23. The number of aryl methyl sites for hydroxylation is 1. The molecular weight excluding hydrogens is 220 g/mol. The molecule has 1 fully saturated rings. The number of thioether (sulfide) groups is 1. The molecule has 0 spiro atoms. The maximum absolute atomic E-state index is 11.6. The van der Waals surface area contributed by atoms with E-state index in [1.807, 2.05) is 31.2 Å². The Morgan fingerprint density at radius 2 is 1.88 bits per heavy atom. The highest BCUT2D eigenvalue weighted by molar-refractivity contribution is 8.00. The molecule has 0 heterocycles. The van der Waals surface area contributed by atoms with E-state index in [9.17, 15) is 9.59 Å². The minimum absolute atomic E-state index is 0.163. The topological polar surface area (TPSA) is 34.1 Å². The van der Waals surface area contributed by atoms with Crippen molar-refractivity contribution in [2.45, 2.75) is 36.3 Å². The lowest BCUT2D eigenvalue weighted by atomic mass is 9.98. The van der Waals surface area contributed by atoms with Crippen LogP contribution in [0.3, 0.4) is 0 Å². The van der Waals surface area contributed by atoms with E-state index in [4.69, 9.17) is 0 Å². The molecule has 0 aromatic heterocycles. The van der Waals surface area contributed by atoms with Crippen molar-refractivity contribution in [2.24, 2.45) is 0 Å². The fraction of sp³-hybridized carbons (Fsp3) is 0.385. The Labute approximate surface area is 99.4 Å². The quantitative estimate of drug-likeness (QED) is 0.738. The van der Waals surface area contributed by atoms with E-state index in [1.54, 1.807) is 0 Å². The molecule has 16 heavy (non-hydrogen) atoms. The number of hydrogen-bond donors (Lipinski definition) is 0. The minimum Gasteiger partial charge on any atom is -0.291 e. The van der Waals surface area contributed by atoms with Gasteiger partial charge in [-0.1, -0.05) is 17.7 Å². The van der Waals surface area contributed by atoms with Crippen molar-refractivity contribution in [2.75, 3.05) is 0 Å². The number of carbonyl (C=O) groups is 2. The Bertz CT molecular complexity index is 408. The monoisotopic (exact) mass is 234 g/mol. The van der Waals surface area contributed by atoms with Crippen LogP contribution in [-0.2, 0) is 9.59 Å². The highest BCUT2D eigenvalue weighted by atomic mass is 32.2. The van der Waals surface area contributed by atoms with Gasteiger partial charge in [0.05, 0.1) is 5.25 Å². The third kappa shape index (κ3) is 2.53. The van der Waals surface area contributed by atoms with Crippen LogP contribution in [0.2, 0.25) is 0 Å². The fourth-order valence-electron chi connectivity index (χ4n) is 1.78. The van der Waals surface area contributed by atoms with Gasteiger partial charge in [-0.05, 0) is 31.9 Å². The Kier molecular flexibility index (Phi) is 3.44. The molecule has 3 heteroatoms. The van der Waals surface area contributed by atoms with E-state index in [2.05, 4.69) is 0 Å². The average molecular weight is 234 g/mol. The molecule has 1 aliphatic rings. The average Bonchev–Trinajstić information content (AvgIpc) is 2.28. The van der Waals surface area contributed by atoms with Gasteiger partial charge in [-0.25, -0.2) is 0 Å². The van der Waals surface area contributed by atoms with Crippen LogP contribution in [0.5, 0.6) is 0 Å². The Hall–Kier alpha value is -1.09. The molecule has 1 aromatic carbocycles. The van der Waals surface area contributed by atoms with Gasteiger partial charge in [0, 0.05) is 11.3 Å². The number of benzene rings is 1. The summed E-state index contributed by atoms with van der Waals surface area (Å²) in [5.41, 5.74) is 1.20. The van der Waals surface area contributed by atoms with Gasteiger partial charge in [0.1, 0.15) is 0 Å². The maximum Gasteiger partial charge on any atom is 0.211 e. The molecule has 2 rings (SSSR count). The summed E-state index contributed by atoms with van der Waals surface area (Å²) in [4.78, 5) is 24.0. The standard InChI is InChI=1S/C13H14O2S/c1-9-5-7-10(8-6-9)16-12-4-2-3-11(14)13(12)15/h5-8,12H,2-4H2,1H3. The largest absolute Gasteiger partial charge is 0.291 e. The van der Waals surface area contributed by atoms with E-state index in [0.29, 0.717) is 6.42 Å². The van der Waals surface area contributed by atoms with Crippen molar-refractivity contribution in [1.82, 2.24) is 0 Å². The molecule has 1 aliphatic carbocycles. The summed E-state index contributed by atoms with van der Waals surface area (Å²) in [5, 5.41) is -0.163. The first-order valence-corrected chi connectivity index (χ1v) is 6.35. The highest BCUT2D eigenvalue weighted by Crippen LogP contribution is 2.30. The molecule has 1 saturated carbocycles. The lowest BCUT2D eigenvalue weighted by molar-refractivity contribution is -0.137. The molecule has 0 bridgehead atoms.